The summed E-state index contributed by atoms with van der Waals surface area (Å²) in [5.74, 6) is 0.484. The summed E-state index contributed by atoms with van der Waals surface area (Å²) in [7, 11) is 0. The lowest BCUT2D eigenvalue weighted by Gasteiger charge is -2.16. The van der Waals surface area contributed by atoms with Gasteiger partial charge in [-0.3, -0.25) is 4.79 Å². The molecule has 1 atom stereocenters. The highest BCUT2D eigenvalue weighted by Crippen LogP contribution is 2.30. The number of hydrogen-bond acceptors (Lipinski definition) is 5. The topological polar surface area (TPSA) is 64.1 Å². The molecule has 2 heterocycles. The number of benzene rings is 2. The van der Waals surface area contributed by atoms with E-state index in [-0.39, 0.29) is 5.91 Å². The number of fused-ring (bicyclic) bond motifs is 1. The lowest BCUT2D eigenvalue weighted by Crippen LogP contribution is -2.30. The molecule has 4 aromatic rings. The number of rotatable bonds is 5. The summed E-state index contributed by atoms with van der Waals surface area (Å²) in [5, 5.41) is 3.80. The highest BCUT2D eigenvalue weighted by atomic mass is 32.1. The Hall–Kier alpha value is -3.25. The summed E-state index contributed by atoms with van der Waals surface area (Å²) >= 11 is 1.53. The minimum Gasteiger partial charge on any atom is -0.481 e. The van der Waals surface area contributed by atoms with Crippen LogP contribution < -0.4 is 10.1 Å². The molecule has 2 aromatic carbocycles. The van der Waals surface area contributed by atoms with Crippen molar-refractivity contribution in [3.63, 3.8) is 0 Å². The maximum Gasteiger partial charge on any atom is 0.265 e. The third kappa shape index (κ3) is 4.27. The van der Waals surface area contributed by atoms with Gasteiger partial charge in [-0.1, -0.05) is 29.5 Å². The van der Waals surface area contributed by atoms with E-state index >= 15 is 0 Å². The van der Waals surface area contributed by atoms with E-state index in [0.717, 1.165) is 26.5 Å². The number of aryl methyl sites for hydroxylation is 2. The fourth-order valence-electron chi connectivity index (χ4n) is 2.91. The molecule has 2 aromatic heterocycles. The molecular formula is C23H21N3O2S. The molecule has 0 bridgehead atoms. The highest BCUT2D eigenvalue weighted by Gasteiger charge is 2.16. The van der Waals surface area contributed by atoms with Crippen LogP contribution in [-0.4, -0.2) is 22.0 Å². The van der Waals surface area contributed by atoms with Gasteiger partial charge in [0.1, 0.15) is 21.1 Å². The smallest absolute Gasteiger partial charge is 0.265 e. The van der Waals surface area contributed by atoms with Gasteiger partial charge in [0.2, 0.25) is 0 Å². The molecule has 1 amide bonds. The zero-order valence-electron chi connectivity index (χ0n) is 16.5. The van der Waals surface area contributed by atoms with Crippen molar-refractivity contribution < 1.29 is 9.53 Å². The zero-order chi connectivity index (χ0) is 20.4. The number of carbonyl (C=O) groups is 1. The minimum absolute atomic E-state index is 0.202. The van der Waals surface area contributed by atoms with Crippen LogP contribution in [0.1, 0.15) is 18.1 Å². The van der Waals surface area contributed by atoms with E-state index in [0.29, 0.717) is 11.4 Å². The van der Waals surface area contributed by atoms with Crippen LogP contribution in [0.25, 0.3) is 20.9 Å². The van der Waals surface area contributed by atoms with Crippen LogP contribution in [0.2, 0.25) is 0 Å². The van der Waals surface area contributed by atoms with Crippen molar-refractivity contribution in [2.24, 2.45) is 0 Å². The van der Waals surface area contributed by atoms with Gasteiger partial charge in [-0.25, -0.2) is 9.97 Å². The lowest BCUT2D eigenvalue weighted by atomic mass is 10.1. The third-order valence-corrected chi connectivity index (χ3v) is 5.73. The summed E-state index contributed by atoms with van der Waals surface area (Å²) in [6, 6.07) is 17.3. The Morgan fingerprint density at radius 1 is 1.07 bits per heavy atom. The molecule has 1 unspecified atom stereocenters. The maximum absolute atomic E-state index is 12.6. The third-order valence-electron chi connectivity index (χ3n) is 4.70. The van der Waals surface area contributed by atoms with E-state index < -0.39 is 6.10 Å². The molecule has 0 radical (unpaired) electrons. The van der Waals surface area contributed by atoms with E-state index in [1.807, 2.05) is 68.4 Å². The molecule has 0 spiro atoms. The Labute approximate surface area is 173 Å². The zero-order valence-corrected chi connectivity index (χ0v) is 17.3. The Morgan fingerprint density at radius 2 is 1.93 bits per heavy atom. The number of nitrogens with one attached hydrogen (secondary N) is 1. The number of carbonyl (C=O) groups excluding carboxylic acids is 1. The monoisotopic (exact) mass is 403 g/mol. The largest absolute Gasteiger partial charge is 0.481 e. The fraction of sp³-hybridized carbons (Fsp3) is 0.174. The molecule has 4 rings (SSSR count). The van der Waals surface area contributed by atoms with Crippen LogP contribution in [-0.2, 0) is 4.79 Å². The summed E-state index contributed by atoms with van der Waals surface area (Å²) in [6.45, 7) is 5.81. The molecule has 29 heavy (non-hydrogen) atoms. The van der Waals surface area contributed by atoms with E-state index in [2.05, 4.69) is 15.3 Å². The molecule has 0 aliphatic heterocycles. The second kappa shape index (κ2) is 8.01. The average molecular weight is 404 g/mol. The molecule has 5 nitrogen and oxygen atoms in total. The van der Waals surface area contributed by atoms with Crippen LogP contribution in [0.15, 0.2) is 60.8 Å². The number of ether oxygens (including phenoxy) is 1. The Morgan fingerprint density at radius 3 is 2.72 bits per heavy atom. The molecule has 0 aliphatic carbocycles. The Kier molecular flexibility index (Phi) is 5.27. The molecule has 0 aliphatic rings. The number of anilines is 1. The standard InChI is InChI=1S/C23H21N3O2S/c1-14-9-10-19(12-15(14)2)28-16(3)21(27)25-18-7-4-6-17(13-18)22-26-20-8-5-11-24-23(20)29-22/h4-13,16H,1-3H3,(H,25,27). The van der Waals surface area contributed by atoms with Gasteiger partial charge in [-0.05, 0) is 68.3 Å². The van der Waals surface area contributed by atoms with Crippen LogP contribution in [0.3, 0.4) is 0 Å². The van der Waals surface area contributed by atoms with E-state index in [4.69, 9.17) is 4.74 Å². The highest BCUT2D eigenvalue weighted by molar-refractivity contribution is 7.21. The van der Waals surface area contributed by atoms with Gasteiger partial charge in [0, 0.05) is 17.4 Å². The van der Waals surface area contributed by atoms with Gasteiger partial charge in [-0.15, -0.1) is 0 Å². The van der Waals surface area contributed by atoms with Crippen LogP contribution in [0, 0.1) is 13.8 Å². The van der Waals surface area contributed by atoms with Crippen molar-refractivity contribution in [3.05, 3.63) is 71.9 Å². The summed E-state index contributed by atoms with van der Waals surface area (Å²) in [4.78, 5) is 22.5. The van der Waals surface area contributed by atoms with Gasteiger partial charge in [0.25, 0.3) is 5.91 Å². The number of thiazole rings is 1. The van der Waals surface area contributed by atoms with Gasteiger partial charge in [-0.2, -0.15) is 0 Å². The lowest BCUT2D eigenvalue weighted by molar-refractivity contribution is -0.122. The second-order valence-electron chi connectivity index (χ2n) is 6.92. The van der Waals surface area contributed by atoms with Gasteiger partial charge >= 0.3 is 0 Å². The minimum atomic E-state index is -0.618. The first-order chi connectivity index (χ1) is 14.0. The first-order valence-corrected chi connectivity index (χ1v) is 10.2. The number of hydrogen-bond donors (Lipinski definition) is 1. The van der Waals surface area contributed by atoms with Crippen LogP contribution in [0.4, 0.5) is 5.69 Å². The predicted molar refractivity (Wildman–Crippen MR) is 117 cm³/mol. The van der Waals surface area contributed by atoms with Crippen molar-refractivity contribution in [2.45, 2.75) is 26.9 Å². The molecule has 1 N–H and O–H groups in total. The molecule has 0 saturated carbocycles. The van der Waals surface area contributed by atoms with Crippen LogP contribution >= 0.6 is 11.3 Å². The van der Waals surface area contributed by atoms with Crippen molar-refractivity contribution in [3.8, 4) is 16.3 Å². The number of amides is 1. The molecule has 0 saturated heterocycles. The van der Waals surface area contributed by atoms with Crippen molar-refractivity contribution in [2.75, 3.05) is 5.32 Å². The maximum atomic E-state index is 12.6. The summed E-state index contributed by atoms with van der Waals surface area (Å²) in [5.41, 5.74) is 4.84. The molecule has 146 valence electrons. The first-order valence-electron chi connectivity index (χ1n) is 9.36. The van der Waals surface area contributed by atoms with E-state index in [9.17, 15) is 4.79 Å². The van der Waals surface area contributed by atoms with Crippen molar-refractivity contribution in [1.82, 2.24) is 9.97 Å². The predicted octanol–water partition coefficient (Wildman–Crippen LogP) is 5.38. The van der Waals surface area contributed by atoms with E-state index in [1.54, 1.807) is 13.1 Å². The number of aromatic nitrogens is 2. The molecule has 6 heteroatoms. The number of pyridine rings is 1. The van der Waals surface area contributed by atoms with Gasteiger partial charge in [0.05, 0.1) is 0 Å². The Bertz CT molecular complexity index is 1150. The van der Waals surface area contributed by atoms with Crippen LogP contribution in [0.5, 0.6) is 5.75 Å². The summed E-state index contributed by atoms with van der Waals surface area (Å²) in [6.07, 6.45) is 1.14. The molecular weight excluding hydrogens is 382 g/mol. The van der Waals surface area contributed by atoms with E-state index in [1.165, 1.54) is 16.9 Å². The molecule has 0 fully saturated rings. The average Bonchev–Trinajstić information content (AvgIpc) is 3.15. The SMILES string of the molecule is Cc1ccc(OC(C)C(=O)Nc2cccc(-c3nc4cccnc4s3)c2)cc1C. The fourth-order valence-corrected chi connectivity index (χ4v) is 3.82. The summed E-state index contributed by atoms with van der Waals surface area (Å²) < 4.78 is 5.81. The quantitative estimate of drug-likeness (QED) is 0.486. The Balaban J connectivity index is 1.48. The second-order valence-corrected chi connectivity index (χ2v) is 7.90. The van der Waals surface area contributed by atoms with Crippen molar-refractivity contribution in [1.29, 1.82) is 0 Å². The van der Waals surface area contributed by atoms with Gasteiger partial charge < -0.3 is 10.1 Å². The normalized spacial score (nSPS) is 12.0. The van der Waals surface area contributed by atoms with Crippen molar-refractivity contribution >= 4 is 33.3 Å². The first kappa shape index (κ1) is 19.1. The van der Waals surface area contributed by atoms with Gasteiger partial charge in [0.15, 0.2) is 6.10 Å². The number of nitrogens with zero attached hydrogens (tertiary/aromatic N) is 2.